The van der Waals surface area contributed by atoms with Gasteiger partial charge in [-0.25, -0.2) is 14.8 Å². The van der Waals surface area contributed by atoms with Gasteiger partial charge < -0.3 is 15.2 Å². The van der Waals surface area contributed by atoms with Gasteiger partial charge in [0.15, 0.2) is 0 Å². The molecule has 1 aromatic rings. The third kappa shape index (κ3) is 4.20. The van der Waals surface area contributed by atoms with Gasteiger partial charge in [0.25, 0.3) is 0 Å². The van der Waals surface area contributed by atoms with E-state index in [4.69, 9.17) is 9.84 Å². The minimum atomic E-state index is -0.896. The third-order valence-corrected chi connectivity index (χ3v) is 2.46. The third-order valence-electron chi connectivity index (χ3n) is 2.46. The summed E-state index contributed by atoms with van der Waals surface area (Å²) in [4.78, 5) is 30.2. The van der Waals surface area contributed by atoms with Crippen LogP contribution in [0.1, 0.15) is 29.9 Å². The molecule has 0 radical (unpaired) electrons. The zero-order valence-electron chi connectivity index (χ0n) is 11.1. The van der Waals surface area contributed by atoms with Gasteiger partial charge in [-0.3, -0.25) is 4.79 Å². The van der Waals surface area contributed by atoms with Crippen LogP contribution in [0.3, 0.4) is 0 Å². The summed E-state index contributed by atoms with van der Waals surface area (Å²) in [5, 5.41) is 11.6. The fourth-order valence-corrected chi connectivity index (χ4v) is 1.29. The topological polar surface area (TPSA) is 101 Å². The van der Waals surface area contributed by atoms with Crippen LogP contribution in [0.15, 0.2) is 6.20 Å². The molecule has 0 aliphatic heterocycles. The Morgan fingerprint density at radius 2 is 2.21 bits per heavy atom. The Kier molecular flexibility index (Phi) is 5.23. The van der Waals surface area contributed by atoms with Crippen LogP contribution in [-0.2, 0) is 9.53 Å². The molecule has 0 aliphatic carbocycles. The summed E-state index contributed by atoms with van der Waals surface area (Å²) < 4.78 is 4.86. The van der Waals surface area contributed by atoms with Crippen molar-refractivity contribution in [3.8, 4) is 0 Å². The smallest absolute Gasteiger partial charge is 0.341 e. The molecule has 1 aromatic heterocycles. The maximum absolute atomic E-state index is 11.5. The molecule has 1 unspecified atom stereocenters. The molecule has 0 aliphatic rings. The summed E-state index contributed by atoms with van der Waals surface area (Å²) in [7, 11) is 0. The molecule has 2 N–H and O–H groups in total. The fraction of sp³-hybridized carbons (Fsp3) is 0.500. The summed E-state index contributed by atoms with van der Waals surface area (Å²) in [6.07, 6.45) is 1.37. The minimum Gasteiger partial charge on any atom is -0.481 e. The number of hydrogen-bond acceptors (Lipinski definition) is 6. The Bertz CT molecular complexity index is 476. The van der Waals surface area contributed by atoms with E-state index >= 15 is 0 Å². The number of carbonyl (C=O) groups excluding carboxylic acids is 1. The van der Waals surface area contributed by atoms with Crippen LogP contribution >= 0.6 is 0 Å². The molecular formula is C12H17N3O4. The number of nitrogens with one attached hydrogen (secondary N) is 1. The number of ether oxygens (including phenoxy) is 1. The number of nitrogens with zero attached hydrogens (tertiary/aromatic N) is 2. The molecule has 19 heavy (non-hydrogen) atoms. The highest BCUT2D eigenvalue weighted by Crippen LogP contribution is 2.09. The van der Waals surface area contributed by atoms with E-state index in [9.17, 15) is 9.59 Å². The van der Waals surface area contributed by atoms with Crippen LogP contribution in [0, 0.1) is 12.8 Å². The molecule has 7 heteroatoms. The summed E-state index contributed by atoms with van der Waals surface area (Å²) in [5.41, 5.74) is 0.789. The van der Waals surface area contributed by atoms with Gasteiger partial charge in [0, 0.05) is 12.7 Å². The predicted octanol–water partition coefficient (Wildman–Crippen LogP) is 1.09. The van der Waals surface area contributed by atoms with Crippen molar-refractivity contribution in [2.24, 2.45) is 5.92 Å². The van der Waals surface area contributed by atoms with Crippen molar-refractivity contribution in [3.63, 3.8) is 0 Å². The summed E-state index contributed by atoms with van der Waals surface area (Å²) >= 11 is 0. The van der Waals surface area contributed by atoms with Crippen molar-refractivity contribution in [1.82, 2.24) is 9.97 Å². The lowest BCUT2D eigenvalue weighted by Gasteiger charge is -2.10. The van der Waals surface area contributed by atoms with Gasteiger partial charge in [-0.15, -0.1) is 0 Å². The number of esters is 1. The first kappa shape index (κ1) is 14.9. The van der Waals surface area contributed by atoms with Crippen LogP contribution in [0.2, 0.25) is 0 Å². The van der Waals surface area contributed by atoms with E-state index in [1.165, 1.54) is 6.20 Å². The summed E-state index contributed by atoms with van der Waals surface area (Å²) in [6, 6.07) is 0. The van der Waals surface area contributed by atoms with E-state index in [2.05, 4.69) is 15.3 Å². The second kappa shape index (κ2) is 6.67. The van der Waals surface area contributed by atoms with E-state index in [1.807, 2.05) is 0 Å². The zero-order valence-corrected chi connectivity index (χ0v) is 11.1. The van der Waals surface area contributed by atoms with E-state index in [0.717, 1.165) is 0 Å². The van der Waals surface area contributed by atoms with E-state index in [1.54, 1.807) is 20.8 Å². The number of rotatable bonds is 6. The largest absolute Gasteiger partial charge is 0.481 e. The van der Waals surface area contributed by atoms with Gasteiger partial charge in [0.2, 0.25) is 5.95 Å². The molecule has 0 amide bonds. The molecule has 7 nitrogen and oxygen atoms in total. The molecule has 104 valence electrons. The van der Waals surface area contributed by atoms with Gasteiger partial charge in [-0.05, 0) is 13.8 Å². The van der Waals surface area contributed by atoms with Crippen LogP contribution in [0.4, 0.5) is 5.95 Å². The Balaban J connectivity index is 2.71. The highest BCUT2D eigenvalue weighted by molar-refractivity contribution is 5.90. The average Bonchev–Trinajstić information content (AvgIpc) is 2.36. The normalized spacial score (nSPS) is 11.7. The van der Waals surface area contributed by atoms with Gasteiger partial charge in [0.05, 0.1) is 23.8 Å². The highest BCUT2D eigenvalue weighted by atomic mass is 16.5. The molecule has 0 fully saturated rings. The highest BCUT2D eigenvalue weighted by Gasteiger charge is 2.14. The van der Waals surface area contributed by atoms with Crippen molar-refractivity contribution in [2.75, 3.05) is 18.5 Å². The number of aliphatic carboxylic acids is 1. The van der Waals surface area contributed by atoms with Crippen molar-refractivity contribution in [3.05, 3.63) is 17.5 Å². The van der Waals surface area contributed by atoms with Crippen molar-refractivity contribution in [1.29, 1.82) is 0 Å². The van der Waals surface area contributed by atoms with Crippen LogP contribution in [0.5, 0.6) is 0 Å². The molecule has 1 rings (SSSR count). The van der Waals surface area contributed by atoms with Gasteiger partial charge in [-0.1, -0.05) is 6.92 Å². The Hall–Kier alpha value is -2.18. The molecule has 0 bridgehead atoms. The predicted molar refractivity (Wildman–Crippen MR) is 68.0 cm³/mol. The first-order valence-electron chi connectivity index (χ1n) is 5.93. The quantitative estimate of drug-likeness (QED) is 0.744. The lowest BCUT2D eigenvalue weighted by molar-refractivity contribution is -0.140. The second-order valence-electron chi connectivity index (χ2n) is 4.03. The number of aryl methyl sites for hydroxylation is 1. The molecular weight excluding hydrogens is 250 g/mol. The van der Waals surface area contributed by atoms with Crippen molar-refractivity contribution < 1.29 is 19.4 Å². The van der Waals surface area contributed by atoms with Gasteiger partial charge >= 0.3 is 11.9 Å². The lowest BCUT2D eigenvalue weighted by atomic mass is 10.2. The summed E-state index contributed by atoms with van der Waals surface area (Å²) in [5.74, 6) is -1.62. The number of carboxylic acid groups (broad SMARTS) is 1. The molecule has 0 saturated carbocycles. The van der Waals surface area contributed by atoms with Crippen molar-refractivity contribution >= 4 is 17.9 Å². The number of hydrogen-bond donors (Lipinski definition) is 2. The summed E-state index contributed by atoms with van der Waals surface area (Å²) in [6.45, 7) is 5.47. The Morgan fingerprint density at radius 3 is 2.74 bits per heavy atom. The minimum absolute atomic E-state index is 0.216. The monoisotopic (exact) mass is 267 g/mol. The van der Waals surface area contributed by atoms with E-state index < -0.39 is 17.9 Å². The molecule has 1 atom stereocenters. The molecule has 0 aromatic carbocycles. The maximum atomic E-state index is 11.5. The van der Waals surface area contributed by atoms with Crippen LogP contribution in [-0.4, -0.2) is 40.2 Å². The molecule has 0 spiro atoms. The SMILES string of the molecule is CCOC(=O)c1cnc(NCC(C)C(=O)O)nc1C. The Labute approximate surface area is 111 Å². The number of aromatic nitrogens is 2. The number of carboxylic acids is 1. The molecule has 0 saturated heterocycles. The molecule has 1 heterocycles. The fourth-order valence-electron chi connectivity index (χ4n) is 1.29. The zero-order chi connectivity index (χ0) is 14.4. The maximum Gasteiger partial charge on any atom is 0.341 e. The number of anilines is 1. The van der Waals surface area contributed by atoms with E-state index in [0.29, 0.717) is 17.2 Å². The number of carbonyl (C=O) groups is 2. The van der Waals surface area contributed by atoms with Gasteiger partial charge in [0.1, 0.15) is 0 Å². The lowest BCUT2D eigenvalue weighted by Crippen LogP contribution is -2.21. The van der Waals surface area contributed by atoms with Crippen LogP contribution < -0.4 is 5.32 Å². The van der Waals surface area contributed by atoms with Gasteiger partial charge in [-0.2, -0.15) is 0 Å². The first-order chi connectivity index (χ1) is 8.95. The second-order valence-corrected chi connectivity index (χ2v) is 4.03. The van der Waals surface area contributed by atoms with E-state index in [-0.39, 0.29) is 13.2 Å². The first-order valence-corrected chi connectivity index (χ1v) is 5.93. The standard InChI is InChI=1S/C12H17N3O4/c1-4-19-11(18)9-6-14-12(15-8(9)3)13-5-7(2)10(16)17/h6-7H,4-5H2,1-3H3,(H,16,17)(H,13,14,15). The Morgan fingerprint density at radius 1 is 1.53 bits per heavy atom. The van der Waals surface area contributed by atoms with Crippen molar-refractivity contribution in [2.45, 2.75) is 20.8 Å². The van der Waals surface area contributed by atoms with Crippen LogP contribution in [0.25, 0.3) is 0 Å². The average molecular weight is 267 g/mol.